The van der Waals surface area contributed by atoms with Crippen LogP contribution in [0.25, 0.3) is 0 Å². The van der Waals surface area contributed by atoms with Crippen molar-refractivity contribution in [3.63, 3.8) is 0 Å². The Morgan fingerprint density at radius 1 is 0.917 bits per heavy atom. The zero-order valence-electron chi connectivity index (χ0n) is 20.3. The predicted octanol–water partition coefficient (Wildman–Crippen LogP) is 2.14. The first-order valence-corrected chi connectivity index (χ1v) is 11.9. The number of amides is 2. The molecule has 0 bridgehead atoms. The van der Waals surface area contributed by atoms with Crippen LogP contribution in [-0.2, 0) is 19.1 Å². The van der Waals surface area contributed by atoms with E-state index >= 15 is 0 Å². The fourth-order valence-corrected chi connectivity index (χ4v) is 4.22. The van der Waals surface area contributed by atoms with E-state index in [1.807, 2.05) is 6.07 Å². The highest BCUT2D eigenvalue weighted by atomic mass is 19.1. The number of carbonyl (C=O) groups is 2. The first-order chi connectivity index (χ1) is 17.5. The number of benzene rings is 2. The minimum atomic E-state index is -1.07. The van der Waals surface area contributed by atoms with Crippen molar-refractivity contribution in [1.29, 1.82) is 0 Å². The number of hydrogen-bond acceptors (Lipinski definition) is 7. The smallest absolute Gasteiger partial charge is 0.260 e. The minimum Gasteiger partial charge on any atom is -0.493 e. The van der Waals surface area contributed by atoms with Gasteiger partial charge in [0.05, 0.1) is 39.9 Å². The van der Waals surface area contributed by atoms with Gasteiger partial charge in [0.15, 0.2) is 18.1 Å². The second-order valence-electron chi connectivity index (χ2n) is 8.70. The molecule has 2 aliphatic rings. The first kappa shape index (κ1) is 25.7. The van der Waals surface area contributed by atoms with Crippen LogP contribution in [-0.4, -0.2) is 93.5 Å². The van der Waals surface area contributed by atoms with Crippen LogP contribution in [0.5, 0.6) is 17.2 Å². The van der Waals surface area contributed by atoms with Crippen LogP contribution in [0.1, 0.15) is 6.42 Å². The molecule has 194 valence electrons. The van der Waals surface area contributed by atoms with E-state index in [0.717, 1.165) is 0 Å². The van der Waals surface area contributed by atoms with Gasteiger partial charge in [0.25, 0.3) is 5.91 Å². The number of methoxy groups -OCH3 is 1. The zero-order chi connectivity index (χ0) is 25.4. The summed E-state index contributed by atoms with van der Waals surface area (Å²) in [5.41, 5.74) is -1.07. The molecule has 0 radical (unpaired) electrons. The average molecular weight is 503 g/mol. The van der Waals surface area contributed by atoms with Gasteiger partial charge in [-0.15, -0.1) is 0 Å². The van der Waals surface area contributed by atoms with Crippen molar-refractivity contribution in [2.45, 2.75) is 12.0 Å². The molecule has 0 unspecified atom stereocenters. The third-order valence-electron chi connectivity index (χ3n) is 6.17. The Hall–Kier alpha value is -3.37. The second kappa shape index (κ2) is 12.0. The van der Waals surface area contributed by atoms with Gasteiger partial charge < -0.3 is 33.5 Å². The molecule has 0 N–H and O–H groups in total. The van der Waals surface area contributed by atoms with E-state index in [4.69, 9.17) is 23.7 Å². The number of para-hydroxylation sites is 2. The highest BCUT2D eigenvalue weighted by Crippen LogP contribution is 2.28. The highest BCUT2D eigenvalue weighted by Gasteiger charge is 2.42. The van der Waals surface area contributed by atoms with E-state index in [-0.39, 0.29) is 50.4 Å². The van der Waals surface area contributed by atoms with Crippen LogP contribution in [0, 0.1) is 5.82 Å². The van der Waals surface area contributed by atoms with Crippen molar-refractivity contribution >= 4 is 11.8 Å². The normalized spacial score (nSPS) is 20.1. The van der Waals surface area contributed by atoms with Gasteiger partial charge in [-0.25, -0.2) is 4.39 Å². The molecular weight excluding hydrogens is 471 g/mol. The fraction of sp³-hybridized carbons (Fsp3) is 0.462. The summed E-state index contributed by atoms with van der Waals surface area (Å²) in [5.74, 6) is 0.733. The fourth-order valence-electron chi connectivity index (χ4n) is 4.22. The first-order valence-electron chi connectivity index (χ1n) is 11.9. The lowest BCUT2D eigenvalue weighted by atomic mass is 9.96. The van der Waals surface area contributed by atoms with Crippen molar-refractivity contribution in [3.8, 4) is 17.2 Å². The van der Waals surface area contributed by atoms with Gasteiger partial charge in [0.2, 0.25) is 5.91 Å². The summed E-state index contributed by atoms with van der Waals surface area (Å²) in [7, 11) is 1.53. The summed E-state index contributed by atoms with van der Waals surface area (Å²) in [4.78, 5) is 29.6. The number of nitrogens with zero attached hydrogens (tertiary/aromatic N) is 2. The largest absolute Gasteiger partial charge is 0.493 e. The van der Waals surface area contributed by atoms with Crippen LogP contribution < -0.4 is 14.2 Å². The number of carbonyl (C=O) groups excluding carboxylic acids is 2. The molecule has 4 rings (SSSR count). The molecule has 2 heterocycles. The molecule has 2 saturated heterocycles. The SMILES string of the molecule is COc1ccccc1OCC(=O)N1CCO[C@](COc2ccc(F)cc2)(CC(=O)N2CCOCC2)C1. The maximum atomic E-state index is 13.3. The summed E-state index contributed by atoms with van der Waals surface area (Å²) in [6.45, 7) is 2.55. The summed E-state index contributed by atoms with van der Waals surface area (Å²) >= 11 is 0. The van der Waals surface area contributed by atoms with Gasteiger partial charge in [-0.2, -0.15) is 0 Å². The van der Waals surface area contributed by atoms with E-state index in [2.05, 4.69) is 0 Å². The Morgan fingerprint density at radius 3 is 2.33 bits per heavy atom. The molecule has 2 aromatic rings. The van der Waals surface area contributed by atoms with Crippen molar-refractivity contribution in [1.82, 2.24) is 9.80 Å². The van der Waals surface area contributed by atoms with Crippen LogP contribution in [0.15, 0.2) is 48.5 Å². The molecule has 0 saturated carbocycles. The predicted molar refractivity (Wildman–Crippen MR) is 128 cm³/mol. The summed E-state index contributed by atoms with van der Waals surface area (Å²) in [6.07, 6.45) is 0.0331. The van der Waals surface area contributed by atoms with Gasteiger partial charge in [-0.1, -0.05) is 12.1 Å². The Kier molecular flexibility index (Phi) is 8.61. The Bertz CT molecular complexity index is 1030. The average Bonchev–Trinajstić information content (AvgIpc) is 2.92. The number of morpholine rings is 2. The Labute approximate surface area is 209 Å². The van der Waals surface area contributed by atoms with Gasteiger partial charge in [-0.05, 0) is 36.4 Å². The third-order valence-corrected chi connectivity index (χ3v) is 6.17. The third kappa shape index (κ3) is 6.64. The lowest BCUT2D eigenvalue weighted by Gasteiger charge is -2.43. The standard InChI is InChI=1S/C26H31FN2O7/c1-32-22-4-2-3-5-23(22)34-17-25(31)29-12-15-36-26(18-29,16-24(30)28-10-13-33-14-11-28)19-35-21-8-6-20(27)7-9-21/h2-9H,10-19H2,1H3/t26-/m1/s1. The summed E-state index contributed by atoms with van der Waals surface area (Å²) < 4.78 is 41.7. The topological polar surface area (TPSA) is 86.8 Å². The lowest BCUT2D eigenvalue weighted by Crippen LogP contribution is -2.59. The van der Waals surface area contributed by atoms with Crippen molar-refractivity contribution < 1.29 is 37.7 Å². The quantitative estimate of drug-likeness (QED) is 0.519. The van der Waals surface area contributed by atoms with Gasteiger partial charge in [0.1, 0.15) is 23.8 Å². The molecule has 2 amide bonds. The van der Waals surface area contributed by atoms with E-state index < -0.39 is 5.60 Å². The van der Waals surface area contributed by atoms with Crippen molar-refractivity contribution in [3.05, 3.63) is 54.3 Å². The molecule has 0 spiro atoms. The van der Waals surface area contributed by atoms with Crippen LogP contribution >= 0.6 is 0 Å². The zero-order valence-corrected chi connectivity index (χ0v) is 20.3. The van der Waals surface area contributed by atoms with Gasteiger partial charge in [0, 0.05) is 19.6 Å². The monoisotopic (exact) mass is 502 g/mol. The molecule has 2 aliphatic heterocycles. The van der Waals surface area contributed by atoms with Crippen LogP contribution in [0.2, 0.25) is 0 Å². The molecule has 2 aromatic carbocycles. The molecule has 2 fully saturated rings. The molecular formula is C26H31FN2O7. The van der Waals surface area contributed by atoms with Crippen LogP contribution in [0.3, 0.4) is 0 Å². The molecule has 1 atom stereocenters. The van der Waals surface area contributed by atoms with E-state index in [0.29, 0.717) is 50.1 Å². The van der Waals surface area contributed by atoms with Crippen molar-refractivity contribution in [2.75, 3.05) is 66.3 Å². The minimum absolute atomic E-state index is 0.0197. The maximum Gasteiger partial charge on any atom is 0.260 e. The van der Waals surface area contributed by atoms with Crippen molar-refractivity contribution in [2.24, 2.45) is 0 Å². The Morgan fingerprint density at radius 2 is 1.61 bits per heavy atom. The van der Waals surface area contributed by atoms with Crippen LogP contribution in [0.4, 0.5) is 4.39 Å². The summed E-state index contributed by atoms with van der Waals surface area (Å²) in [5, 5.41) is 0. The van der Waals surface area contributed by atoms with E-state index in [9.17, 15) is 14.0 Å². The second-order valence-corrected chi connectivity index (χ2v) is 8.70. The number of ether oxygens (including phenoxy) is 5. The molecule has 0 aromatic heterocycles. The number of halogens is 1. The highest BCUT2D eigenvalue weighted by molar-refractivity contribution is 5.79. The molecule has 0 aliphatic carbocycles. The lowest BCUT2D eigenvalue weighted by molar-refractivity contribution is -0.168. The van der Waals surface area contributed by atoms with E-state index in [1.165, 1.54) is 31.4 Å². The Balaban J connectivity index is 1.45. The maximum absolute atomic E-state index is 13.3. The number of hydrogen-bond donors (Lipinski definition) is 0. The van der Waals surface area contributed by atoms with Gasteiger partial charge in [-0.3, -0.25) is 9.59 Å². The number of rotatable bonds is 9. The summed E-state index contributed by atoms with van der Waals surface area (Å²) in [6, 6.07) is 12.7. The molecule has 10 heteroatoms. The van der Waals surface area contributed by atoms with Gasteiger partial charge >= 0.3 is 0 Å². The van der Waals surface area contributed by atoms with E-state index in [1.54, 1.807) is 28.0 Å². The molecule has 36 heavy (non-hydrogen) atoms. The molecule has 9 nitrogen and oxygen atoms in total.